The molecule has 0 saturated carbocycles. The Balaban J connectivity index is 3.30. The molecule has 0 aromatic heterocycles. The molecule has 0 aliphatic heterocycles. The minimum atomic E-state index is -0.506. The van der Waals surface area contributed by atoms with Crippen LogP contribution in [0, 0.1) is 21.4 Å². The van der Waals surface area contributed by atoms with E-state index in [0.717, 1.165) is 0 Å². The number of hydrogen-bond acceptors (Lipinski definition) is 3. The summed E-state index contributed by atoms with van der Waals surface area (Å²) in [6.45, 7) is 3.47. The molecule has 0 aliphatic carbocycles. The molecule has 0 spiro atoms. The molecule has 0 radical (unpaired) electrons. The molecule has 0 amide bonds. The van der Waals surface area contributed by atoms with Gasteiger partial charge in [0, 0.05) is 12.1 Å². The molecule has 13 heavy (non-hydrogen) atoms. The van der Waals surface area contributed by atoms with Crippen molar-refractivity contribution in [1.29, 1.82) is 5.26 Å². The Bertz CT molecular complexity index is 405. The van der Waals surface area contributed by atoms with Gasteiger partial charge < -0.3 is 0 Å². The molecule has 4 heteroatoms. The molecular formula is C9H6N2O2. The van der Waals surface area contributed by atoms with E-state index < -0.39 is 4.92 Å². The summed E-state index contributed by atoms with van der Waals surface area (Å²) < 4.78 is 0. The topological polar surface area (TPSA) is 66.9 Å². The zero-order valence-electron chi connectivity index (χ0n) is 6.73. The maximum atomic E-state index is 10.4. The predicted molar refractivity (Wildman–Crippen MR) is 47.9 cm³/mol. The Kier molecular flexibility index (Phi) is 2.41. The van der Waals surface area contributed by atoms with Crippen LogP contribution in [0.5, 0.6) is 0 Å². The summed E-state index contributed by atoms with van der Waals surface area (Å²) in [5.74, 6) is 0. The third kappa shape index (κ3) is 1.71. The van der Waals surface area contributed by atoms with Gasteiger partial charge in [0.15, 0.2) is 0 Å². The molecule has 1 rings (SSSR count). The smallest absolute Gasteiger partial charge is 0.258 e. The van der Waals surface area contributed by atoms with E-state index in [1.807, 2.05) is 6.07 Å². The van der Waals surface area contributed by atoms with Crippen molar-refractivity contribution in [2.24, 2.45) is 0 Å². The lowest BCUT2D eigenvalue weighted by Gasteiger charge is -1.96. The van der Waals surface area contributed by atoms with E-state index >= 15 is 0 Å². The molecule has 1 aromatic rings. The maximum Gasteiger partial charge on any atom is 0.270 e. The van der Waals surface area contributed by atoms with Crippen LogP contribution in [0.25, 0.3) is 6.08 Å². The average molecular weight is 174 g/mol. The highest BCUT2D eigenvalue weighted by atomic mass is 16.6. The zero-order chi connectivity index (χ0) is 9.84. The highest BCUT2D eigenvalue weighted by Gasteiger charge is 2.07. The number of benzene rings is 1. The SMILES string of the molecule is C=Cc1cc([N+](=O)[O-])ccc1C#N. The minimum Gasteiger partial charge on any atom is -0.258 e. The third-order valence-electron chi connectivity index (χ3n) is 1.59. The summed E-state index contributed by atoms with van der Waals surface area (Å²) in [5, 5.41) is 19.0. The molecule has 0 aliphatic rings. The fourth-order valence-electron chi connectivity index (χ4n) is 0.934. The van der Waals surface area contributed by atoms with Crippen LogP contribution in [0.1, 0.15) is 11.1 Å². The van der Waals surface area contributed by atoms with Crippen molar-refractivity contribution >= 4 is 11.8 Å². The van der Waals surface area contributed by atoms with Gasteiger partial charge in [0.05, 0.1) is 16.6 Å². The van der Waals surface area contributed by atoms with Crippen molar-refractivity contribution in [1.82, 2.24) is 0 Å². The van der Waals surface area contributed by atoms with Gasteiger partial charge in [0.1, 0.15) is 0 Å². The molecule has 4 nitrogen and oxygen atoms in total. The molecule has 0 bridgehead atoms. The van der Waals surface area contributed by atoms with Crippen LogP contribution in [-0.2, 0) is 0 Å². The lowest BCUT2D eigenvalue weighted by Crippen LogP contribution is -1.90. The first-order chi connectivity index (χ1) is 6.19. The van der Waals surface area contributed by atoms with E-state index in [2.05, 4.69) is 6.58 Å². The van der Waals surface area contributed by atoms with Gasteiger partial charge in [-0.1, -0.05) is 12.7 Å². The number of nitriles is 1. The average Bonchev–Trinajstić information content (AvgIpc) is 2.16. The number of nitro benzene ring substituents is 1. The molecule has 1 aromatic carbocycles. The first-order valence-electron chi connectivity index (χ1n) is 3.50. The van der Waals surface area contributed by atoms with Crippen LogP contribution in [0.15, 0.2) is 24.8 Å². The van der Waals surface area contributed by atoms with E-state index in [-0.39, 0.29) is 5.69 Å². The number of non-ortho nitro benzene ring substituents is 1. The second-order valence-corrected chi connectivity index (χ2v) is 2.34. The summed E-state index contributed by atoms with van der Waals surface area (Å²) in [5.41, 5.74) is 0.839. The number of rotatable bonds is 2. The van der Waals surface area contributed by atoms with E-state index in [1.165, 1.54) is 24.3 Å². The van der Waals surface area contributed by atoms with Crippen LogP contribution in [0.4, 0.5) is 5.69 Å². The van der Waals surface area contributed by atoms with Crippen molar-refractivity contribution in [3.63, 3.8) is 0 Å². The Morgan fingerprint density at radius 1 is 1.62 bits per heavy atom. The summed E-state index contributed by atoms with van der Waals surface area (Å²) in [4.78, 5) is 9.85. The third-order valence-corrected chi connectivity index (χ3v) is 1.59. The van der Waals surface area contributed by atoms with Crippen molar-refractivity contribution in [2.75, 3.05) is 0 Å². The Morgan fingerprint density at radius 3 is 2.77 bits per heavy atom. The molecule has 0 atom stereocenters. The Hall–Kier alpha value is -2.15. The zero-order valence-corrected chi connectivity index (χ0v) is 6.73. The molecule has 0 unspecified atom stereocenters. The fraction of sp³-hybridized carbons (Fsp3) is 0. The van der Waals surface area contributed by atoms with Crippen LogP contribution in [0.2, 0.25) is 0 Å². The van der Waals surface area contributed by atoms with E-state index in [0.29, 0.717) is 11.1 Å². The number of nitrogens with zero attached hydrogens (tertiary/aromatic N) is 2. The fourth-order valence-corrected chi connectivity index (χ4v) is 0.934. The minimum absolute atomic E-state index is 0.0334. The second kappa shape index (κ2) is 3.50. The van der Waals surface area contributed by atoms with Gasteiger partial charge in [-0.05, 0) is 11.6 Å². The summed E-state index contributed by atoms with van der Waals surface area (Å²) in [6.07, 6.45) is 1.42. The van der Waals surface area contributed by atoms with Crippen molar-refractivity contribution in [3.05, 3.63) is 46.0 Å². The Morgan fingerprint density at radius 2 is 2.31 bits per heavy atom. The predicted octanol–water partition coefficient (Wildman–Crippen LogP) is 2.11. The van der Waals surface area contributed by atoms with Gasteiger partial charge in [-0.15, -0.1) is 0 Å². The first-order valence-corrected chi connectivity index (χ1v) is 3.50. The molecular weight excluding hydrogens is 168 g/mol. The monoisotopic (exact) mass is 174 g/mol. The van der Waals surface area contributed by atoms with Crippen molar-refractivity contribution < 1.29 is 4.92 Å². The second-order valence-electron chi connectivity index (χ2n) is 2.34. The summed E-state index contributed by atoms with van der Waals surface area (Å²) >= 11 is 0. The highest BCUT2D eigenvalue weighted by Crippen LogP contribution is 2.17. The van der Waals surface area contributed by atoms with Gasteiger partial charge >= 0.3 is 0 Å². The summed E-state index contributed by atoms with van der Waals surface area (Å²) in [7, 11) is 0. The number of hydrogen-bond donors (Lipinski definition) is 0. The van der Waals surface area contributed by atoms with Crippen LogP contribution < -0.4 is 0 Å². The largest absolute Gasteiger partial charge is 0.270 e. The van der Waals surface area contributed by atoms with E-state index in [9.17, 15) is 10.1 Å². The van der Waals surface area contributed by atoms with Gasteiger partial charge in [-0.25, -0.2) is 0 Å². The van der Waals surface area contributed by atoms with Crippen LogP contribution in [-0.4, -0.2) is 4.92 Å². The normalized spacial score (nSPS) is 8.85. The van der Waals surface area contributed by atoms with Crippen molar-refractivity contribution in [3.8, 4) is 6.07 Å². The first kappa shape index (κ1) is 8.94. The molecule has 0 fully saturated rings. The van der Waals surface area contributed by atoms with Gasteiger partial charge in [-0.2, -0.15) is 5.26 Å². The van der Waals surface area contributed by atoms with Crippen molar-refractivity contribution in [2.45, 2.75) is 0 Å². The quantitative estimate of drug-likeness (QED) is 0.509. The molecule has 0 saturated heterocycles. The molecule has 0 N–H and O–H groups in total. The Labute approximate surface area is 74.9 Å². The van der Waals surface area contributed by atoms with E-state index in [4.69, 9.17) is 5.26 Å². The molecule has 0 heterocycles. The van der Waals surface area contributed by atoms with Gasteiger partial charge in [0.25, 0.3) is 5.69 Å². The maximum absolute atomic E-state index is 10.4. The standard InChI is InChI=1S/C9H6N2O2/c1-2-7-5-9(11(12)13)4-3-8(7)6-10/h2-5H,1H2. The lowest BCUT2D eigenvalue weighted by atomic mass is 10.1. The van der Waals surface area contributed by atoms with Crippen LogP contribution >= 0.6 is 0 Å². The highest BCUT2D eigenvalue weighted by molar-refractivity contribution is 5.60. The molecule has 64 valence electrons. The van der Waals surface area contributed by atoms with Gasteiger partial charge in [-0.3, -0.25) is 10.1 Å². The number of nitro groups is 1. The van der Waals surface area contributed by atoms with Gasteiger partial charge in [0.2, 0.25) is 0 Å². The summed E-state index contributed by atoms with van der Waals surface area (Å²) in [6, 6.07) is 5.95. The van der Waals surface area contributed by atoms with Crippen LogP contribution in [0.3, 0.4) is 0 Å². The van der Waals surface area contributed by atoms with E-state index in [1.54, 1.807) is 0 Å². The lowest BCUT2D eigenvalue weighted by molar-refractivity contribution is -0.384.